The molecule has 5 heteroatoms. The molecule has 0 N–H and O–H groups in total. The van der Waals surface area contributed by atoms with Crippen LogP contribution in [-0.4, -0.2) is 9.97 Å². The number of furan rings is 2. The lowest BCUT2D eigenvalue weighted by molar-refractivity contribution is 0.654. The molecule has 1 aliphatic carbocycles. The van der Waals surface area contributed by atoms with Crippen LogP contribution in [0, 0.1) is 0 Å². The Morgan fingerprint density at radius 1 is 0.535 bits per heavy atom. The molecule has 0 amide bonds. The van der Waals surface area contributed by atoms with Gasteiger partial charge in [0.25, 0.3) is 0 Å². The van der Waals surface area contributed by atoms with E-state index in [1.165, 1.54) is 33.0 Å². The molecular weight excluding hydrogens is 530 g/mol. The summed E-state index contributed by atoms with van der Waals surface area (Å²) >= 11 is 0. The summed E-state index contributed by atoms with van der Waals surface area (Å²) in [6.45, 7) is 0. The van der Waals surface area contributed by atoms with E-state index in [0.29, 0.717) is 5.71 Å². The molecule has 0 saturated carbocycles. The van der Waals surface area contributed by atoms with E-state index in [2.05, 4.69) is 82.7 Å². The van der Waals surface area contributed by atoms with Crippen LogP contribution >= 0.6 is 0 Å². The van der Waals surface area contributed by atoms with Gasteiger partial charge in [-0.15, -0.1) is 0 Å². The Morgan fingerprint density at radius 3 is 2.16 bits per heavy atom. The van der Waals surface area contributed by atoms with E-state index in [1.807, 2.05) is 54.7 Å². The van der Waals surface area contributed by atoms with Crippen molar-refractivity contribution in [3.05, 3.63) is 128 Å². The minimum absolute atomic E-state index is 0.594. The Morgan fingerprint density at radius 2 is 1.28 bits per heavy atom. The quantitative estimate of drug-likeness (QED) is 0.219. The van der Waals surface area contributed by atoms with Gasteiger partial charge in [0, 0.05) is 22.7 Å². The first kappa shape index (κ1) is 22.7. The highest BCUT2D eigenvalue weighted by Crippen LogP contribution is 2.51. The second-order valence-corrected chi connectivity index (χ2v) is 11.0. The maximum Gasteiger partial charge on any atom is 0.229 e. The third-order valence-electron chi connectivity index (χ3n) is 8.66. The molecule has 5 aromatic carbocycles. The molecule has 4 aromatic heterocycles. The Kier molecular flexibility index (Phi) is 4.39. The Hall–Kier alpha value is -5.94. The monoisotopic (exact) mass is 551 g/mol. The van der Waals surface area contributed by atoms with Crippen molar-refractivity contribution in [2.45, 2.75) is 0 Å². The minimum atomic E-state index is 0.594. The Bertz CT molecular complexity index is 2590. The summed E-state index contributed by atoms with van der Waals surface area (Å²) in [5.41, 5.74) is 10.8. The zero-order valence-electron chi connectivity index (χ0n) is 22.8. The molecule has 0 spiro atoms. The van der Waals surface area contributed by atoms with Crippen molar-refractivity contribution >= 4 is 72.1 Å². The molecule has 4 heterocycles. The van der Waals surface area contributed by atoms with Crippen molar-refractivity contribution < 1.29 is 8.83 Å². The van der Waals surface area contributed by atoms with Gasteiger partial charge in [-0.3, -0.25) is 4.90 Å². The molecular formula is C38H21N3O2. The highest BCUT2D eigenvalue weighted by atomic mass is 16.3. The van der Waals surface area contributed by atoms with Gasteiger partial charge >= 0.3 is 0 Å². The van der Waals surface area contributed by atoms with Crippen molar-refractivity contribution in [1.82, 2.24) is 9.97 Å². The topological polar surface area (TPSA) is 55.3 Å². The molecule has 0 bridgehead atoms. The molecule has 0 radical (unpaired) electrons. The first-order chi connectivity index (χ1) is 21.3. The fraction of sp³-hybridized carbons (Fsp3) is 0. The molecule has 200 valence electrons. The molecule has 1 aliphatic rings. The summed E-state index contributed by atoms with van der Waals surface area (Å²) in [6, 6.07) is 42.1. The Labute approximate surface area is 245 Å². The van der Waals surface area contributed by atoms with Gasteiger partial charge in [-0.25, -0.2) is 9.97 Å². The molecule has 43 heavy (non-hydrogen) atoms. The number of fused-ring (bicyclic) bond motifs is 9. The number of hydrogen-bond acceptors (Lipinski definition) is 5. The van der Waals surface area contributed by atoms with Crippen LogP contribution in [0.4, 0.5) is 17.2 Å². The van der Waals surface area contributed by atoms with Gasteiger partial charge in [0.15, 0.2) is 5.58 Å². The van der Waals surface area contributed by atoms with Crippen molar-refractivity contribution in [3.8, 4) is 22.3 Å². The van der Waals surface area contributed by atoms with Gasteiger partial charge < -0.3 is 8.83 Å². The number of aromatic nitrogens is 2. The maximum absolute atomic E-state index is 6.23. The SMILES string of the molecule is c1ccc2c(c1)-c1cccc3cc(N(c4ccc5oc6ccccc6c5n4)c4ccnc5oc6ccccc6c45)cc-2c13. The summed E-state index contributed by atoms with van der Waals surface area (Å²) in [5.74, 6) is 0.783. The number of benzene rings is 5. The number of anilines is 3. The van der Waals surface area contributed by atoms with Crippen molar-refractivity contribution in [3.63, 3.8) is 0 Å². The van der Waals surface area contributed by atoms with E-state index in [1.54, 1.807) is 0 Å². The highest BCUT2D eigenvalue weighted by Gasteiger charge is 2.26. The van der Waals surface area contributed by atoms with Crippen LogP contribution in [0.1, 0.15) is 0 Å². The number of pyridine rings is 2. The normalized spacial score (nSPS) is 12.2. The first-order valence-corrected chi connectivity index (χ1v) is 14.3. The number of para-hydroxylation sites is 2. The van der Waals surface area contributed by atoms with Crippen LogP contribution in [0.3, 0.4) is 0 Å². The van der Waals surface area contributed by atoms with Gasteiger partial charge in [0.1, 0.15) is 22.5 Å². The summed E-state index contributed by atoms with van der Waals surface area (Å²) in [7, 11) is 0. The summed E-state index contributed by atoms with van der Waals surface area (Å²) in [4.78, 5) is 12.1. The smallest absolute Gasteiger partial charge is 0.229 e. The van der Waals surface area contributed by atoms with Crippen LogP contribution in [-0.2, 0) is 0 Å². The molecule has 0 unspecified atom stereocenters. The minimum Gasteiger partial charge on any atom is -0.454 e. The van der Waals surface area contributed by atoms with E-state index >= 15 is 0 Å². The molecule has 0 fully saturated rings. The van der Waals surface area contributed by atoms with Crippen LogP contribution in [0.2, 0.25) is 0 Å². The number of nitrogens with zero attached hydrogens (tertiary/aromatic N) is 3. The number of rotatable bonds is 3. The predicted octanol–water partition coefficient (Wildman–Crippen LogP) is 10.5. The zero-order chi connectivity index (χ0) is 28.1. The lowest BCUT2D eigenvalue weighted by Crippen LogP contribution is -2.12. The van der Waals surface area contributed by atoms with Gasteiger partial charge in [-0.05, 0) is 81.6 Å². The van der Waals surface area contributed by atoms with Gasteiger partial charge in [0.2, 0.25) is 5.71 Å². The molecule has 0 aliphatic heterocycles. The first-order valence-electron chi connectivity index (χ1n) is 14.3. The van der Waals surface area contributed by atoms with Gasteiger partial charge in [-0.1, -0.05) is 72.8 Å². The maximum atomic E-state index is 6.23. The molecule has 5 nitrogen and oxygen atoms in total. The van der Waals surface area contributed by atoms with E-state index < -0.39 is 0 Å². The fourth-order valence-electron chi connectivity index (χ4n) is 6.85. The van der Waals surface area contributed by atoms with Gasteiger partial charge in [0.05, 0.1) is 11.1 Å². The standard InChI is InChI=1S/C38H21N3O2/c1-2-10-25-24(9-1)26-13-7-8-22-20-23(21-29(25)35(22)26)41(30-18-19-39-38-36(30)27-11-3-5-14-31(27)43-38)34-17-16-33-37(40-34)28-12-4-6-15-32(28)42-33/h1-21H. The molecule has 10 rings (SSSR count). The van der Waals surface area contributed by atoms with E-state index in [9.17, 15) is 0 Å². The molecule has 9 aromatic rings. The van der Waals surface area contributed by atoms with Crippen LogP contribution < -0.4 is 4.90 Å². The Balaban J connectivity index is 1.31. The lowest BCUT2D eigenvalue weighted by Gasteiger charge is -2.26. The summed E-state index contributed by atoms with van der Waals surface area (Å²) in [5, 5.41) is 5.42. The van der Waals surface area contributed by atoms with E-state index in [-0.39, 0.29) is 0 Å². The lowest BCUT2D eigenvalue weighted by atomic mass is 10.0. The highest BCUT2D eigenvalue weighted by molar-refractivity contribution is 6.18. The zero-order valence-corrected chi connectivity index (χ0v) is 22.8. The summed E-state index contributed by atoms with van der Waals surface area (Å²) in [6.07, 6.45) is 1.81. The molecule has 0 atom stereocenters. The predicted molar refractivity (Wildman–Crippen MR) is 173 cm³/mol. The van der Waals surface area contributed by atoms with Crippen molar-refractivity contribution in [2.75, 3.05) is 4.90 Å². The fourth-order valence-corrected chi connectivity index (χ4v) is 6.85. The van der Waals surface area contributed by atoms with Crippen LogP contribution in [0.5, 0.6) is 0 Å². The molecule has 0 saturated heterocycles. The number of hydrogen-bond donors (Lipinski definition) is 0. The van der Waals surface area contributed by atoms with Gasteiger partial charge in [-0.2, -0.15) is 0 Å². The third-order valence-corrected chi connectivity index (χ3v) is 8.66. The van der Waals surface area contributed by atoms with Crippen molar-refractivity contribution in [1.29, 1.82) is 0 Å². The van der Waals surface area contributed by atoms with Crippen molar-refractivity contribution in [2.24, 2.45) is 0 Å². The summed E-state index contributed by atoms with van der Waals surface area (Å²) < 4.78 is 12.4. The second kappa shape index (κ2) is 8.30. The van der Waals surface area contributed by atoms with E-state index in [0.717, 1.165) is 55.6 Å². The van der Waals surface area contributed by atoms with Crippen LogP contribution in [0.15, 0.2) is 136 Å². The average Bonchev–Trinajstić information content (AvgIpc) is 3.72. The van der Waals surface area contributed by atoms with E-state index in [4.69, 9.17) is 13.8 Å². The van der Waals surface area contributed by atoms with Crippen LogP contribution in [0.25, 0.3) is 77.2 Å². The third kappa shape index (κ3) is 3.11. The average molecular weight is 552 g/mol. The largest absolute Gasteiger partial charge is 0.454 e. The second-order valence-electron chi connectivity index (χ2n) is 11.0.